The molecule has 1 aromatic carbocycles. The van der Waals surface area contributed by atoms with Crippen molar-refractivity contribution in [2.75, 3.05) is 13.1 Å². The molecule has 3 atom stereocenters. The topological polar surface area (TPSA) is 139 Å². The minimum Gasteiger partial charge on any atom is -0.451 e. The van der Waals surface area contributed by atoms with Crippen LogP contribution in [0.4, 0.5) is 0 Å². The molecule has 11 heteroatoms. The van der Waals surface area contributed by atoms with Crippen LogP contribution < -0.4 is 10.6 Å². The molecule has 1 saturated heterocycles. The van der Waals surface area contributed by atoms with Crippen molar-refractivity contribution in [2.45, 2.75) is 50.7 Å². The van der Waals surface area contributed by atoms with Gasteiger partial charge in [0.05, 0.1) is 12.6 Å². The monoisotopic (exact) mass is 540 g/mol. The molecule has 1 fully saturated rings. The molecule has 4 rings (SSSR count). The second kappa shape index (κ2) is 11.4. The Kier molecular flexibility index (Phi) is 8.27. The van der Waals surface area contributed by atoms with Crippen molar-refractivity contribution < 1.29 is 27.2 Å². The zero-order valence-electron chi connectivity index (χ0n) is 21.6. The van der Waals surface area contributed by atoms with E-state index in [1.54, 1.807) is 37.3 Å². The van der Waals surface area contributed by atoms with Crippen molar-refractivity contribution in [3.05, 3.63) is 60.5 Å². The molecule has 0 spiro atoms. The number of benzene rings is 1. The summed E-state index contributed by atoms with van der Waals surface area (Å²) < 4.78 is 32.8. The number of nitrogens with one attached hydrogen (secondary N) is 2. The first-order chi connectivity index (χ1) is 18.1. The number of fused-ring (bicyclic) bond motifs is 1. The average molecular weight is 541 g/mol. The van der Waals surface area contributed by atoms with Crippen molar-refractivity contribution in [3.8, 4) is 0 Å². The SMILES string of the molecule is CC(C)C[C@H](NC(=O)c1cc2ccccc2o1)C(=O)NC1C(=O)CN(S(=O)(=O)c2ccccn2)CCC1C. The maximum Gasteiger partial charge on any atom is 0.287 e. The summed E-state index contributed by atoms with van der Waals surface area (Å²) in [5.74, 6) is -1.62. The quantitative estimate of drug-likeness (QED) is 0.448. The van der Waals surface area contributed by atoms with Crippen molar-refractivity contribution >= 4 is 38.6 Å². The van der Waals surface area contributed by atoms with Crippen LogP contribution in [0.2, 0.25) is 0 Å². The summed E-state index contributed by atoms with van der Waals surface area (Å²) in [6, 6.07) is 11.6. The minimum atomic E-state index is -3.96. The van der Waals surface area contributed by atoms with E-state index in [4.69, 9.17) is 4.42 Å². The highest BCUT2D eigenvalue weighted by Crippen LogP contribution is 2.22. The summed E-state index contributed by atoms with van der Waals surface area (Å²) in [5.41, 5.74) is 0.561. The Morgan fingerprint density at radius 1 is 1.16 bits per heavy atom. The van der Waals surface area contributed by atoms with Crippen LogP contribution in [0.1, 0.15) is 44.2 Å². The standard InChI is InChI=1S/C27H32N4O6S/c1-17(2)14-20(29-27(34)23-15-19-8-4-5-9-22(19)37-23)26(33)30-25-18(3)11-13-31(16-21(25)32)38(35,36)24-10-6-7-12-28-24/h4-10,12,15,17-18,20,25H,11,13-14,16H2,1-3H3,(H,29,34)(H,30,33)/t18?,20-,25?/m0/s1. The number of hydrogen-bond donors (Lipinski definition) is 2. The normalized spacial score (nSPS) is 19.7. The summed E-state index contributed by atoms with van der Waals surface area (Å²) in [6.45, 7) is 5.38. The fourth-order valence-electron chi connectivity index (χ4n) is 4.52. The Morgan fingerprint density at radius 2 is 1.89 bits per heavy atom. The van der Waals surface area contributed by atoms with Gasteiger partial charge in [-0.3, -0.25) is 14.4 Å². The fourth-order valence-corrected chi connectivity index (χ4v) is 5.87. The molecule has 2 amide bonds. The molecule has 0 saturated carbocycles. The third-order valence-corrected chi connectivity index (χ3v) is 8.36. The summed E-state index contributed by atoms with van der Waals surface area (Å²) in [6.07, 6.45) is 2.09. The molecule has 2 aromatic heterocycles. The van der Waals surface area contributed by atoms with Crippen molar-refractivity contribution in [2.24, 2.45) is 11.8 Å². The predicted octanol–water partition coefficient (Wildman–Crippen LogP) is 2.76. The van der Waals surface area contributed by atoms with Crippen molar-refractivity contribution in [1.82, 2.24) is 19.9 Å². The highest BCUT2D eigenvalue weighted by atomic mass is 32.2. The highest BCUT2D eigenvalue weighted by Gasteiger charge is 2.38. The van der Waals surface area contributed by atoms with E-state index >= 15 is 0 Å². The number of hydrogen-bond acceptors (Lipinski definition) is 7. The van der Waals surface area contributed by atoms with Gasteiger partial charge >= 0.3 is 0 Å². The summed E-state index contributed by atoms with van der Waals surface area (Å²) in [4.78, 5) is 43.4. The van der Waals surface area contributed by atoms with Crippen LogP contribution >= 0.6 is 0 Å². The number of para-hydroxylation sites is 1. The number of rotatable bonds is 8. The highest BCUT2D eigenvalue weighted by molar-refractivity contribution is 7.89. The number of carbonyl (C=O) groups is 3. The van der Waals surface area contributed by atoms with Crippen LogP contribution in [0.15, 0.2) is 64.2 Å². The van der Waals surface area contributed by atoms with Crippen molar-refractivity contribution in [3.63, 3.8) is 0 Å². The molecule has 2 N–H and O–H groups in total. The van der Waals surface area contributed by atoms with Crippen LogP contribution in [0, 0.1) is 11.8 Å². The second-order valence-corrected chi connectivity index (χ2v) is 11.9. The number of nitrogens with zero attached hydrogens (tertiary/aromatic N) is 2. The van der Waals surface area contributed by atoms with Gasteiger partial charge in [0, 0.05) is 18.1 Å². The molecule has 1 aliphatic rings. The molecule has 0 bridgehead atoms. The lowest BCUT2D eigenvalue weighted by atomic mass is 9.95. The van der Waals surface area contributed by atoms with Crippen LogP contribution in [-0.4, -0.2) is 60.5 Å². The van der Waals surface area contributed by atoms with E-state index in [1.165, 1.54) is 12.3 Å². The van der Waals surface area contributed by atoms with Gasteiger partial charge in [0.1, 0.15) is 11.6 Å². The van der Waals surface area contributed by atoms with E-state index < -0.39 is 39.7 Å². The van der Waals surface area contributed by atoms with E-state index in [0.717, 1.165) is 9.69 Å². The maximum absolute atomic E-state index is 13.3. The molecular weight excluding hydrogens is 508 g/mol. The van der Waals surface area contributed by atoms with Crippen LogP contribution in [0.25, 0.3) is 11.0 Å². The van der Waals surface area contributed by atoms with Gasteiger partial charge < -0.3 is 15.1 Å². The number of aromatic nitrogens is 1. The Morgan fingerprint density at radius 3 is 2.58 bits per heavy atom. The van der Waals surface area contributed by atoms with Gasteiger partial charge in [-0.1, -0.05) is 45.0 Å². The Hall–Kier alpha value is -3.57. The fraction of sp³-hybridized carbons (Fsp3) is 0.407. The summed E-state index contributed by atoms with van der Waals surface area (Å²) in [7, 11) is -3.96. The molecule has 3 heterocycles. The first kappa shape index (κ1) is 27.5. The molecule has 3 aromatic rings. The van der Waals surface area contributed by atoms with Gasteiger partial charge in [-0.2, -0.15) is 4.31 Å². The summed E-state index contributed by atoms with van der Waals surface area (Å²) in [5, 5.41) is 6.17. The molecule has 0 radical (unpaired) electrons. The number of furan rings is 1. The third-order valence-electron chi connectivity index (χ3n) is 6.60. The number of pyridine rings is 1. The van der Waals surface area contributed by atoms with E-state index in [1.807, 2.05) is 26.0 Å². The Bertz CT molecular complexity index is 1390. The molecule has 1 aliphatic heterocycles. The lowest BCUT2D eigenvalue weighted by Crippen LogP contribution is -2.54. The Balaban J connectivity index is 1.48. The molecule has 2 unspecified atom stereocenters. The lowest BCUT2D eigenvalue weighted by Gasteiger charge is -2.25. The first-order valence-corrected chi connectivity index (χ1v) is 14.0. The largest absolute Gasteiger partial charge is 0.451 e. The Labute approximate surface area is 221 Å². The summed E-state index contributed by atoms with van der Waals surface area (Å²) >= 11 is 0. The number of sulfonamides is 1. The lowest BCUT2D eigenvalue weighted by molar-refractivity contribution is -0.129. The van der Waals surface area contributed by atoms with Crippen molar-refractivity contribution in [1.29, 1.82) is 0 Å². The van der Waals surface area contributed by atoms with E-state index in [2.05, 4.69) is 15.6 Å². The van der Waals surface area contributed by atoms with E-state index in [-0.39, 0.29) is 35.7 Å². The molecule has 202 valence electrons. The number of Topliss-reactive ketones (excluding diaryl/α,β-unsaturated/α-hetero) is 1. The van der Waals surface area contributed by atoms with Crippen LogP contribution in [0.3, 0.4) is 0 Å². The van der Waals surface area contributed by atoms with Gasteiger partial charge in [-0.15, -0.1) is 0 Å². The van der Waals surface area contributed by atoms with Crippen LogP contribution in [0.5, 0.6) is 0 Å². The van der Waals surface area contributed by atoms with E-state index in [0.29, 0.717) is 18.4 Å². The van der Waals surface area contributed by atoms with Gasteiger partial charge in [-0.25, -0.2) is 13.4 Å². The molecule has 10 nitrogen and oxygen atoms in total. The molecular formula is C27H32N4O6S. The molecule has 38 heavy (non-hydrogen) atoms. The zero-order valence-corrected chi connectivity index (χ0v) is 22.4. The second-order valence-electron chi connectivity index (χ2n) is 10.0. The predicted molar refractivity (Wildman–Crippen MR) is 141 cm³/mol. The maximum atomic E-state index is 13.3. The third kappa shape index (κ3) is 6.11. The molecule has 0 aliphatic carbocycles. The van der Waals surface area contributed by atoms with Gasteiger partial charge in [0.2, 0.25) is 5.91 Å². The minimum absolute atomic E-state index is 0.0722. The van der Waals surface area contributed by atoms with Gasteiger partial charge in [0.15, 0.2) is 16.6 Å². The average Bonchev–Trinajstić information content (AvgIpc) is 3.27. The number of amides is 2. The van der Waals surface area contributed by atoms with Gasteiger partial charge in [0.25, 0.3) is 15.9 Å². The van der Waals surface area contributed by atoms with Gasteiger partial charge in [-0.05, 0) is 48.9 Å². The zero-order chi connectivity index (χ0) is 27.4. The number of ketones is 1. The number of carbonyl (C=O) groups excluding carboxylic acids is 3. The van der Waals surface area contributed by atoms with Crippen LogP contribution in [-0.2, 0) is 19.6 Å². The first-order valence-electron chi connectivity index (χ1n) is 12.6. The van der Waals surface area contributed by atoms with E-state index in [9.17, 15) is 22.8 Å². The smallest absolute Gasteiger partial charge is 0.287 e.